The van der Waals surface area contributed by atoms with E-state index in [9.17, 15) is 9.59 Å². The largest absolute Gasteiger partial charge is 0.497 e. The molecule has 3 rings (SSSR count). The standard InChI is InChI=1S/C22H26ClN3O3/c1-29-19-8-6-16(7-9-19)15-24-22(28)25-18-10-12-26(13-11-18)21(27)14-17-4-2-3-5-20(17)23/h2-9,18H,10-15H2,1H3,(H2,24,25,28). The minimum absolute atomic E-state index is 0.0650. The number of hydrogen-bond acceptors (Lipinski definition) is 3. The molecule has 6 nitrogen and oxygen atoms in total. The van der Waals surface area contributed by atoms with Crippen LogP contribution in [0.1, 0.15) is 24.0 Å². The molecule has 0 spiro atoms. The highest BCUT2D eigenvalue weighted by Gasteiger charge is 2.24. The Morgan fingerprint density at radius 2 is 1.79 bits per heavy atom. The fraction of sp³-hybridized carbons (Fsp3) is 0.364. The van der Waals surface area contributed by atoms with Gasteiger partial charge in [-0.2, -0.15) is 0 Å². The third-order valence-electron chi connectivity index (χ3n) is 5.09. The first-order valence-corrected chi connectivity index (χ1v) is 10.1. The van der Waals surface area contributed by atoms with E-state index >= 15 is 0 Å². The van der Waals surface area contributed by atoms with Crippen molar-refractivity contribution in [1.29, 1.82) is 0 Å². The molecule has 0 unspecified atom stereocenters. The van der Waals surface area contributed by atoms with Crippen LogP contribution in [-0.2, 0) is 17.8 Å². The zero-order valence-electron chi connectivity index (χ0n) is 16.5. The number of carbonyl (C=O) groups is 2. The Balaban J connectivity index is 1.39. The van der Waals surface area contributed by atoms with Crippen LogP contribution in [0, 0.1) is 0 Å². The number of hydrogen-bond donors (Lipinski definition) is 2. The van der Waals surface area contributed by atoms with E-state index in [2.05, 4.69) is 10.6 Å². The second-order valence-corrected chi connectivity index (χ2v) is 7.51. The van der Waals surface area contributed by atoms with Crippen molar-refractivity contribution in [1.82, 2.24) is 15.5 Å². The third kappa shape index (κ3) is 6.12. The van der Waals surface area contributed by atoms with Crippen molar-refractivity contribution < 1.29 is 14.3 Å². The highest BCUT2D eigenvalue weighted by Crippen LogP contribution is 2.18. The molecule has 1 heterocycles. The summed E-state index contributed by atoms with van der Waals surface area (Å²) in [4.78, 5) is 26.5. The van der Waals surface area contributed by atoms with Gasteiger partial charge in [-0.15, -0.1) is 0 Å². The summed E-state index contributed by atoms with van der Waals surface area (Å²) in [5.41, 5.74) is 1.85. The lowest BCUT2D eigenvalue weighted by Gasteiger charge is -2.32. The van der Waals surface area contributed by atoms with Crippen LogP contribution in [0.25, 0.3) is 0 Å². The molecule has 3 amide bonds. The Kier molecular flexibility index (Phi) is 7.36. The predicted molar refractivity (Wildman–Crippen MR) is 113 cm³/mol. The number of nitrogens with zero attached hydrogens (tertiary/aromatic N) is 1. The monoisotopic (exact) mass is 415 g/mol. The molecule has 0 atom stereocenters. The van der Waals surface area contributed by atoms with Gasteiger partial charge in [0.1, 0.15) is 5.75 Å². The summed E-state index contributed by atoms with van der Waals surface area (Å²) in [5.74, 6) is 0.856. The number of ether oxygens (including phenoxy) is 1. The molecule has 0 saturated carbocycles. The summed E-state index contributed by atoms with van der Waals surface area (Å²) >= 11 is 6.15. The average molecular weight is 416 g/mol. The van der Waals surface area contributed by atoms with E-state index in [1.54, 1.807) is 13.2 Å². The Morgan fingerprint density at radius 3 is 2.45 bits per heavy atom. The van der Waals surface area contributed by atoms with E-state index < -0.39 is 0 Å². The van der Waals surface area contributed by atoms with Crippen LogP contribution in [0.3, 0.4) is 0 Å². The van der Waals surface area contributed by atoms with Gasteiger partial charge < -0.3 is 20.3 Å². The lowest BCUT2D eigenvalue weighted by molar-refractivity contribution is -0.131. The van der Waals surface area contributed by atoms with E-state index in [0.29, 0.717) is 31.1 Å². The molecular weight excluding hydrogens is 390 g/mol. The van der Waals surface area contributed by atoms with Gasteiger partial charge in [-0.25, -0.2) is 4.79 Å². The average Bonchev–Trinajstić information content (AvgIpc) is 2.75. The van der Waals surface area contributed by atoms with Gasteiger partial charge in [-0.1, -0.05) is 41.9 Å². The molecule has 1 aliphatic rings. The topological polar surface area (TPSA) is 70.7 Å². The van der Waals surface area contributed by atoms with Crippen LogP contribution in [0.4, 0.5) is 4.79 Å². The predicted octanol–water partition coefficient (Wildman–Crippen LogP) is 3.38. The van der Waals surface area contributed by atoms with Gasteiger partial charge in [0.15, 0.2) is 0 Å². The SMILES string of the molecule is COc1ccc(CNC(=O)NC2CCN(C(=O)Cc3ccccc3Cl)CC2)cc1. The molecular formula is C22H26ClN3O3. The molecule has 2 aromatic carbocycles. The molecule has 0 aromatic heterocycles. The molecule has 7 heteroatoms. The van der Waals surface area contributed by atoms with Crippen molar-refractivity contribution in [3.05, 3.63) is 64.7 Å². The molecule has 1 aliphatic heterocycles. The second-order valence-electron chi connectivity index (χ2n) is 7.10. The number of methoxy groups -OCH3 is 1. The number of amides is 3. The molecule has 0 radical (unpaired) electrons. The minimum Gasteiger partial charge on any atom is -0.497 e. The molecule has 1 saturated heterocycles. The molecule has 0 bridgehead atoms. The van der Waals surface area contributed by atoms with Gasteiger partial charge in [0.25, 0.3) is 0 Å². The molecule has 2 aromatic rings. The number of benzene rings is 2. The van der Waals surface area contributed by atoms with Crippen molar-refractivity contribution in [3.63, 3.8) is 0 Å². The summed E-state index contributed by atoms with van der Waals surface area (Å²) in [7, 11) is 1.62. The van der Waals surface area contributed by atoms with Crippen LogP contribution >= 0.6 is 11.6 Å². The van der Waals surface area contributed by atoms with Gasteiger partial charge in [0, 0.05) is 30.7 Å². The minimum atomic E-state index is -0.193. The van der Waals surface area contributed by atoms with Gasteiger partial charge in [0.05, 0.1) is 13.5 Å². The van der Waals surface area contributed by atoms with E-state index in [4.69, 9.17) is 16.3 Å². The molecule has 29 heavy (non-hydrogen) atoms. The smallest absolute Gasteiger partial charge is 0.315 e. The van der Waals surface area contributed by atoms with Crippen LogP contribution in [-0.4, -0.2) is 43.1 Å². The van der Waals surface area contributed by atoms with Gasteiger partial charge in [-0.05, 0) is 42.2 Å². The first kappa shape index (κ1) is 21.0. The number of piperidine rings is 1. The number of halogens is 1. The maximum absolute atomic E-state index is 12.5. The number of carbonyl (C=O) groups excluding carboxylic acids is 2. The number of nitrogens with one attached hydrogen (secondary N) is 2. The van der Waals surface area contributed by atoms with E-state index in [0.717, 1.165) is 29.7 Å². The molecule has 1 fully saturated rings. The van der Waals surface area contributed by atoms with Crippen molar-refractivity contribution in [3.8, 4) is 5.75 Å². The second kappa shape index (κ2) is 10.2. The number of likely N-dealkylation sites (tertiary alicyclic amines) is 1. The Hall–Kier alpha value is -2.73. The molecule has 0 aliphatic carbocycles. The van der Waals surface area contributed by atoms with Gasteiger partial charge >= 0.3 is 6.03 Å². The highest BCUT2D eigenvalue weighted by atomic mass is 35.5. The number of urea groups is 1. The molecule has 154 valence electrons. The summed E-state index contributed by atoms with van der Waals surface area (Å²) in [6, 6.07) is 14.9. The van der Waals surface area contributed by atoms with Crippen molar-refractivity contribution in [2.75, 3.05) is 20.2 Å². The Morgan fingerprint density at radius 1 is 1.10 bits per heavy atom. The van der Waals surface area contributed by atoms with Crippen molar-refractivity contribution >= 4 is 23.5 Å². The third-order valence-corrected chi connectivity index (χ3v) is 5.46. The Bertz CT molecular complexity index is 833. The lowest BCUT2D eigenvalue weighted by Crippen LogP contribution is -2.49. The van der Waals surface area contributed by atoms with Crippen LogP contribution < -0.4 is 15.4 Å². The zero-order valence-corrected chi connectivity index (χ0v) is 17.2. The quantitative estimate of drug-likeness (QED) is 0.759. The summed E-state index contributed by atoms with van der Waals surface area (Å²) in [6.07, 6.45) is 1.79. The van der Waals surface area contributed by atoms with E-state index in [1.165, 1.54) is 0 Å². The summed E-state index contributed by atoms with van der Waals surface area (Å²) in [6.45, 7) is 1.71. The number of rotatable bonds is 6. The zero-order chi connectivity index (χ0) is 20.6. The highest BCUT2D eigenvalue weighted by molar-refractivity contribution is 6.31. The lowest BCUT2D eigenvalue weighted by atomic mass is 10.0. The maximum Gasteiger partial charge on any atom is 0.315 e. The van der Waals surface area contributed by atoms with E-state index in [-0.39, 0.29) is 18.0 Å². The fourth-order valence-corrected chi connectivity index (χ4v) is 3.55. The van der Waals surface area contributed by atoms with Crippen LogP contribution in [0.5, 0.6) is 5.75 Å². The summed E-state index contributed by atoms with van der Waals surface area (Å²) < 4.78 is 5.13. The van der Waals surface area contributed by atoms with Crippen molar-refractivity contribution in [2.45, 2.75) is 31.8 Å². The van der Waals surface area contributed by atoms with E-state index in [1.807, 2.05) is 47.4 Å². The maximum atomic E-state index is 12.5. The summed E-state index contributed by atoms with van der Waals surface area (Å²) in [5, 5.41) is 6.48. The normalized spacial score (nSPS) is 14.3. The molecule has 2 N–H and O–H groups in total. The fourth-order valence-electron chi connectivity index (χ4n) is 3.35. The van der Waals surface area contributed by atoms with Crippen LogP contribution in [0.15, 0.2) is 48.5 Å². The van der Waals surface area contributed by atoms with Gasteiger partial charge in [-0.3, -0.25) is 4.79 Å². The van der Waals surface area contributed by atoms with Gasteiger partial charge in [0.2, 0.25) is 5.91 Å². The first-order chi connectivity index (χ1) is 14.0. The van der Waals surface area contributed by atoms with Crippen molar-refractivity contribution in [2.24, 2.45) is 0 Å². The first-order valence-electron chi connectivity index (χ1n) is 9.73. The van der Waals surface area contributed by atoms with Crippen LogP contribution in [0.2, 0.25) is 5.02 Å². The Labute approximate surface area is 176 Å².